The number of carbonyl (C=O) groups is 1. The standard InChI is InChI=1S/C15H22N2OS/c1-16-10-7-12-5-3-4-6-13(12)14(18)17-11-15(19-2)8-9-15/h3-6,16H,7-11H2,1-2H3,(H,17,18). The van der Waals surface area contributed by atoms with Crippen LogP contribution < -0.4 is 10.6 Å². The number of benzene rings is 1. The molecule has 1 aliphatic carbocycles. The molecule has 0 saturated heterocycles. The molecule has 0 radical (unpaired) electrons. The molecule has 1 aromatic carbocycles. The van der Waals surface area contributed by atoms with Gasteiger partial charge in [-0.2, -0.15) is 11.8 Å². The lowest BCUT2D eigenvalue weighted by atomic mass is 10.0. The Kier molecular flexibility index (Phi) is 4.88. The number of carbonyl (C=O) groups excluding carboxylic acids is 1. The number of amides is 1. The van der Waals surface area contributed by atoms with Gasteiger partial charge in [0.05, 0.1) is 0 Å². The van der Waals surface area contributed by atoms with E-state index >= 15 is 0 Å². The summed E-state index contributed by atoms with van der Waals surface area (Å²) in [6, 6.07) is 7.87. The van der Waals surface area contributed by atoms with Gasteiger partial charge >= 0.3 is 0 Å². The molecule has 3 nitrogen and oxygen atoms in total. The van der Waals surface area contributed by atoms with Crippen molar-refractivity contribution in [2.75, 3.05) is 26.4 Å². The van der Waals surface area contributed by atoms with Gasteiger partial charge in [0.15, 0.2) is 0 Å². The van der Waals surface area contributed by atoms with Crippen molar-refractivity contribution in [2.24, 2.45) is 0 Å². The van der Waals surface area contributed by atoms with E-state index in [0.29, 0.717) is 4.75 Å². The molecule has 0 spiro atoms. The lowest BCUT2D eigenvalue weighted by Crippen LogP contribution is -2.32. The number of hydrogen-bond donors (Lipinski definition) is 2. The van der Waals surface area contributed by atoms with Gasteiger partial charge in [-0.05, 0) is 50.7 Å². The molecule has 1 aliphatic rings. The van der Waals surface area contributed by atoms with Crippen LogP contribution in [0.5, 0.6) is 0 Å². The normalized spacial score (nSPS) is 16.1. The minimum atomic E-state index is 0.0621. The fraction of sp³-hybridized carbons (Fsp3) is 0.533. The number of hydrogen-bond acceptors (Lipinski definition) is 3. The van der Waals surface area contributed by atoms with Gasteiger partial charge in [0.25, 0.3) is 5.91 Å². The fourth-order valence-corrected chi connectivity index (χ4v) is 2.88. The Bertz CT molecular complexity index is 444. The van der Waals surface area contributed by atoms with E-state index in [9.17, 15) is 4.79 Å². The first kappa shape index (κ1) is 14.4. The van der Waals surface area contributed by atoms with E-state index in [4.69, 9.17) is 0 Å². The zero-order valence-corrected chi connectivity index (χ0v) is 12.5. The number of likely N-dealkylation sites (N-methyl/N-ethyl adjacent to an activating group) is 1. The second-order valence-corrected chi connectivity index (χ2v) is 6.35. The predicted octanol–water partition coefficient (Wildman–Crippen LogP) is 2.07. The smallest absolute Gasteiger partial charge is 0.251 e. The Balaban J connectivity index is 1.98. The van der Waals surface area contributed by atoms with Crippen molar-refractivity contribution in [1.82, 2.24) is 10.6 Å². The highest BCUT2D eigenvalue weighted by Crippen LogP contribution is 2.46. The third-order valence-corrected chi connectivity index (χ3v) is 5.14. The van der Waals surface area contributed by atoms with Crippen molar-refractivity contribution in [3.63, 3.8) is 0 Å². The minimum Gasteiger partial charge on any atom is -0.351 e. The maximum Gasteiger partial charge on any atom is 0.251 e. The Morgan fingerprint density at radius 1 is 1.37 bits per heavy atom. The largest absolute Gasteiger partial charge is 0.351 e. The maximum absolute atomic E-state index is 12.3. The van der Waals surface area contributed by atoms with Crippen molar-refractivity contribution >= 4 is 17.7 Å². The molecule has 0 unspecified atom stereocenters. The predicted molar refractivity (Wildman–Crippen MR) is 81.9 cm³/mol. The van der Waals surface area contributed by atoms with Crippen LogP contribution in [0.25, 0.3) is 0 Å². The first-order valence-electron chi connectivity index (χ1n) is 6.77. The third-order valence-electron chi connectivity index (χ3n) is 3.72. The van der Waals surface area contributed by atoms with E-state index in [2.05, 4.69) is 16.9 Å². The average molecular weight is 278 g/mol. The summed E-state index contributed by atoms with van der Waals surface area (Å²) >= 11 is 1.87. The van der Waals surface area contributed by atoms with Crippen molar-refractivity contribution < 1.29 is 4.79 Å². The molecule has 104 valence electrons. The Hall–Kier alpha value is -1.00. The highest BCUT2D eigenvalue weighted by molar-refractivity contribution is 8.00. The van der Waals surface area contributed by atoms with Crippen LogP contribution in [0.15, 0.2) is 24.3 Å². The van der Waals surface area contributed by atoms with Gasteiger partial charge in [-0.15, -0.1) is 0 Å². The zero-order chi connectivity index (χ0) is 13.7. The Labute approximate surface area is 119 Å². The highest BCUT2D eigenvalue weighted by atomic mass is 32.2. The monoisotopic (exact) mass is 278 g/mol. The summed E-state index contributed by atoms with van der Waals surface area (Å²) in [5.41, 5.74) is 1.93. The molecule has 1 aromatic rings. The quantitative estimate of drug-likeness (QED) is 0.802. The Morgan fingerprint density at radius 2 is 2.11 bits per heavy atom. The molecule has 0 bridgehead atoms. The van der Waals surface area contributed by atoms with Crippen LogP contribution in [0.4, 0.5) is 0 Å². The lowest BCUT2D eigenvalue weighted by Gasteiger charge is -2.14. The van der Waals surface area contributed by atoms with E-state index in [1.165, 1.54) is 12.8 Å². The first-order valence-corrected chi connectivity index (χ1v) is 7.99. The summed E-state index contributed by atoms with van der Waals surface area (Å²) in [6.07, 6.45) is 5.44. The molecular weight excluding hydrogens is 256 g/mol. The topological polar surface area (TPSA) is 41.1 Å². The number of thioether (sulfide) groups is 1. The van der Waals surface area contributed by atoms with Crippen LogP contribution in [0.2, 0.25) is 0 Å². The zero-order valence-electron chi connectivity index (χ0n) is 11.7. The molecule has 19 heavy (non-hydrogen) atoms. The van der Waals surface area contributed by atoms with Crippen molar-refractivity contribution in [3.8, 4) is 0 Å². The van der Waals surface area contributed by atoms with Crippen LogP contribution in [0.3, 0.4) is 0 Å². The molecule has 0 atom stereocenters. The summed E-state index contributed by atoms with van der Waals surface area (Å²) in [4.78, 5) is 12.3. The molecule has 4 heteroatoms. The van der Waals surface area contributed by atoms with Crippen molar-refractivity contribution in [2.45, 2.75) is 24.0 Å². The van der Waals surface area contributed by atoms with Gasteiger partial charge in [-0.3, -0.25) is 4.79 Å². The molecule has 2 N–H and O–H groups in total. The van der Waals surface area contributed by atoms with Gasteiger partial charge in [-0.25, -0.2) is 0 Å². The molecule has 0 aromatic heterocycles. The van der Waals surface area contributed by atoms with Crippen LogP contribution in [-0.4, -0.2) is 37.0 Å². The molecule has 0 heterocycles. The van der Waals surface area contributed by atoms with E-state index in [1.54, 1.807) is 0 Å². The fourth-order valence-electron chi connectivity index (χ4n) is 2.15. The molecule has 2 rings (SSSR count). The van der Waals surface area contributed by atoms with E-state index < -0.39 is 0 Å². The summed E-state index contributed by atoms with van der Waals surface area (Å²) in [5.74, 6) is 0.0621. The maximum atomic E-state index is 12.3. The second kappa shape index (κ2) is 6.44. The van der Waals surface area contributed by atoms with Crippen LogP contribution in [-0.2, 0) is 6.42 Å². The minimum absolute atomic E-state index is 0.0621. The van der Waals surface area contributed by atoms with Gasteiger partial charge in [-0.1, -0.05) is 18.2 Å². The SMILES string of the molecule is CNCCc1ccccc1C(=O)NCC1(SC)CC1. The molecule has 0 aliphatic heterocycles. The number of nitrogens with one attached hydrogen (secondary N) is 2. The lowest BCUT2D eigenvalue weighted by molar-refractivity contribution is 0.0952. The molecular formula is C15H22N2OS. The summed E-state index contributed by atoms with van der Waals surface area (Å²) in [7, 11) is 1.93. The summed E-state index contributed by atoms with van der Waals surface area (Å²) in [6.45, 7) is 1.67. The van der Waals surface area contributed by atoms with Gasteiger partial charge in [0, 0.05) is 16.9 Å². The molecule has 1 fully saturated rings. The molecule has 1 saturated carbocycles. The first-order chi connectivity index (χ1) is 9.21. The van der Waals surface area contributed by atoms with Crippen LogP contribution in [0, 0.1) is 0 Å². The average Bonchev–Trinajstić information content (AvgIpc) is 3.23. The second-order valence-electron chi connectivity index (χ2n) is 5.08. The van der Waals surface area contributed by atoms with Crippen LogP contribution in [0.1, 0.15) is 28.8 Å². The van der Waals surface area contributed by atoms with Gasteiger partial charge < -0.3 is 10.6 Å². The molecule has 1 amide bonds. The Morgan fingerprint density at radius 3 is 2.74 bits per heavy atom. The highest BCUT2D eigenvalue weighted by Gasteiger charge is 2.41. The van der Waals surface area contributed by atoms with E-state index in [0.717, 1.165) is 30.6 Å². The summed E-state index contributed by atoms with van der Waals surface area (Å²) < 4.78 is 0.315. The number of rotatable bonds is 7. The van der Waals surface area contributed by atoms with E-state index in [1.807, 2.05) is 43.1 Å². The van der Waals surface area contributed by atoms with E-state index in [-0.39, 0.29) is 5.91 Å². The van der Waals surface area contributed by atoms with Crippen molar-refractivity contribution in [3.05, 3.63) is 35.4 Å². The van der Waals surface area contributed by atoms with Crippen LogP contribution >= 0.6 is 11.8 Å². The van der Waals surface area contributed by atoms with Gasteiger partial charge in [0.2, 0.25) is 0 Å². The third kappa shape index (κ3) is 3.74. The van der Waals surface area contributed by atoms with Gasteiger partial charge in [0.1, 0.15) is 0 Å². The summed E-state index contributed by atoms with van der Waals surface area (Å²) in [5, 5.41) is 6.21. The van der Waals surface area contributed by atoms with Crippen molar-refractivity contribution in [1.29, 1.82) is 0 Å².